The molecular formula is C23H33N3O2. The Balaban J connectivity index is 1.60. The molecule has 1 aromatic carbocycles. The molecule has 5 heteroatoms. The maximum Gasteiger partial charge on any atom is 0.222 e. The first-order valence-corrected chi connectivity index (χ1v) is 10.4. The van der Waals surface area contributed by atoms with Gasteiger partial charge in [0.2, 0.25) is 5.91 Å². The van der Waals surface area contributed by atoms with Crippen molar-refractivity contribution in [3.8, 4) is 0 Å². The van der Waals surface area contributed by atoms with E-state index in [0.717, 1.165) is 42.9 Å². The van der Waals surface area contributed by atoms with Crippen LogP contribution in [0.2, 0.25) is 0 Å². The highest BCUT2D eigenvalue weighted by molar-refractivity contribution is 5.76. The molecule has 1 saturated heterocycles. The molecule has 1 aliphatic rings. The van der Waals surface area contributed by atoms with E-state index in [1.54, 1.807) is 0 Å². The van der Waals surface area contributed by atoms with E-state index in [9.17, 15) is 4.79 Å². The lowest BCUT2D eigenvalue weighted by atomic mass is 9.85. The van der Waals surface area contributed by atoms with Gasteiger partial charge in [-0.15, -0.1) is 0 Å². The summed E-state index contributed by atoms with van der Waals surface area (Å²) in [6.45, 7) is 10.0. The van der Waals surface area contributed by atoms with Gasteiger partial charge >= 0.3 is 0 Å². The van der Waals surface area contributed by atoms with E-state index in [4.69, 9.17) is 4.52 Å². The molecule has 0 saturated carbocycles. The van der Waals surface area contributed by atoms with Crippen LogP contribution in [0.15, 0.2) is 34.9 Å². The second-order valence-electron chi connectivity index (χ2n) is 8.44. The smallest absolute Gasteiger partial charge is 0.222 e. The van der Waals surface area contributed by atoms with Crippen LogP contribution in [0.1, 0.15) is 50.1 Å². The third-order valence-electron chi connectivity index (χ3n) is 5.76. The molecule has 5 nitrogen and oxygen atoms in total. The van der Waals surface area contributed by atoms with E-state index in [1.807, 2.05) is 19.9 Å². The molecule has 0 aliphatic carbocycles. The third-order valence-corrected chi connectivity index (χ3v) is 5.76. The second-order valence-corrected chi connectivity index (χ2v) is 8.44. The van der Waals surface area contributed by atoms with Gasteiger partial charge in [-0.3, -0.25) is 4.79 Å². The zero-order chi connectivity index (χ0) is 20.1. The minimum Gasteiger partial charge on any atom is -0.382 e. The van der Waals surface area contributed by atoms with Crippen LogP contribution < -0.4 is 5.32 Å². The molecule has 1 fully saturated rings. The van der Waals surface area contributed by atoms with Crippen LogP contribution >= 0.6 is 0 Å². The fourth-order valence-corrected chi connectivity index (χ4v) is 4.29. The van der Waals surface area contributed by atoms with Crippen LogP contribution in [0.4, 0.5) is 5.69 Å². The maximum absolute atomic E-state index is 12.9. The number of carbonyl (C=O) groups is 1. The molecule has 0 spiro atoms. The summed E-state index contributed by atoms with van der Waals surface area (Å²) in [5.41, 5.74) is 3.14. The summed E-state index contributed by atoms with van der Waals surface area (Å²) in [6.07, 6.45) is 3.34. The van der Waals surface area contributed by atoms with E-state index in [2.05, 4.69) is 53.5 Å². The van der Waals surface area contributed by atoms with Crippen molar-refractivity contribution in [1.82, 2.24) is 10.1 Å². The zero-order valence-electron chi connectivity index (χ0n) is 17.6. The number of likely N-dealkylation sites (tertiary alicyclic amines) is 1. The average molecular weight is 384 g/mol. The van der Waals surface area contributed by atoms with Gasteiger partial charge in [0.25, 0.3) is 0 Å². The van der Waals surface area contributed by atoms with E-state index in [1.165, 1.54) is 5.69 Å². The van der Waals surface area contributed by atoms with Gasteiger partial charge in [-0.05, 0) is 57.1 Å². The molecule has 28 heavy (non-hydrogen) atoms. The number of anilines is 1. The normalized spacial score (nSPS) is 19.8. The largest absolute Gasteiger partial charge is 0.382 e. The van der Waals surface area contributed by atoms with E-state index < -0.39 is 0 Å². The highest BCUT2D eigenvalue weighted by Crippen LogP contribution is 2.27. The number of hydrogen-bond donors (Lipinski definition) is 1. The Morgan fingerprint density at radius 2 is 2.04 bits per heavy atom. The molecule has 1 aliphatic heterocycles. The molecule has 2 aromatic rings. The molecule has 2 heterocycles. The van der Waals surface area contributed by atoms with Crippen LogP contribution in [-0.4, -0.2) is 35.1 Å². The summed E-state index contributed by atoms with van der Waals surface area (Å²) < 4.78 is 5.22. The minimum absolute atomic E-state index is 0.243. The van der Waals surface area contributed by atoms with E-state index in [0.29, 0.717) is 30.7 Å². The zero-order valence-corrected chi connectivity index (χ0v) is 17.6. The van der Waals surface area contributed by atoms with Crippen LogP contribution in [0, 0.1) is 25.7 Å². The molecule has 1 aromatic heterocycles. The van der Waals surface area contributed by atoms with Crippen molar-refractivity contribution >= 4 is 11.6 Å². The van der Waals surface area contributed by atoms with Gasteiger partial charge in [0.15, 0.2) is 0 Å². The molecule has 0 radical (unpaired) electrons. The van der Waals surface area contributed by atoms with Crippen LogP contribution in [0.25, 0.3) is 0 Å². The van der Waals surface area contributed by atoms with Crippen molar-refractivity contribution in [1.29, 1.82) is 0 Å². The van der Waals surface area contributed by atoms with Crippen molar-refractivity contribution in [2.45, 2.75) is 59.4 Å². The maximum atomic E-state index is 12.9. The second kappa shape index (κ2) is 9.26. The number of aryl methyl sites for hydroxylation is 2. The fraction of sp³-hybridized carbons (Fsp3) is 0.565. The molecule has 1 N–H and O–H groups in total. The average Bonchev–Trinajstić information content (AvgIpc) is 2.99. The van der Waals surface area contributed by atoms with Gasteiger partial charge in [0.1, 0.15) is 5.76 Å². The lowest BCUT2D eigenvalue weighted by molar-refractivity contribution is -0.133. The monoisotopic (exact) mass is 383 g/mol. The quantitative estimate of drug-likeness (QED) is 0.759. The van der Waals surface area contributed by atoms with Crippen molar-refractivity contribution in [2.75, 3.05) is 18.4 Å². The Bertz CT molecular complexity index is 750. The van der Waals surface area contributed by atoms with Crippen molar-refractivity contribution in [3.05, 3.63) is 47.3 Å². The number of piperidine rings is 1. The number of carbonyl (C=O) groups excluding carboxylic acids is 1. The highest BCUT2D eigenvalue weighted by Gasteiger charge is 2.31. The van der Waals surface area contributed by atoms with Crippen molar-refractivity contribution in [2.24, 2.45) is 11.8 Å². The van der Waals surface area contributed by atoms with E-state index in [-0.39, 0.29) is 5.91 Å². The summed E-state index contributed by atoms with van der Waals surface area (Å²) in [5.74, 6) is 2.15. The third kappa shape index (κ3) is 5.15. The number of nitrogens with zero attached hydrogens (tertiary/aromatic N) is 2. The lowest BCUT2D eigenvalue weighted by Gasteiger charge is -2.40. The van der Waals surface area contributed by atoms with Gasteiger partial charge in [0.05, 0.1) is 5.69 Å². The predicted molar refractivity (Wildman–Crippen MR) is 112 cm³/mol. The molecule has 3 rings (SSSR count). The fourth-order valence-electron chi connectivity index (χ4n) is 4.29. The number of benzene rings is 1. The summed E-state index contributed by atoms with van der Waals surface area (Å²) in [7, 11) is 0. The molecule has 152 valence electrons. The van der Waals surface area contributed by atoms with Gasteiger partial charge in [-0.2, -0.15) is 0 Å². The highest BCUT2D eigenvalue weighted by atomic mass is 16.5. The Morgan fingerprint density at radius 1 is 1.29 bits per heavy atom. The number of aromatic nitrogens is 1. The standard InChI is InChI=1S/C23H33N3O2/c1-16(2)14-19-15-26(13-12-22(19)24-20-8-6-5-7-9-20)23(27)11-10-21-17(3)25-28-18(21)4/h5-9,16,19,22,24H,10-15H2,1-4H3/t19-,22+/m0/s1. The number of nitrogens with one attached hydrogen (secondary N) is 1. The van der Waals surface area contributed by atoms with Gasteiger partial charge < -0.3 is 14.7 Å². The van der Waals surface area contributed by atoms with Crippen LogP contribution in [-0.2, 0) is 11.2 Å². The van der Waals surface area contributed by atoms with Gasteiger partial charge in [-0.25, -0.2) is 0 Å². The Kier molecular flexibility index (Phi) is 6.76. The van der Waals surface area contributed by atoms with Crippen molar-refractivity contribution < 1.29 is 9.32 Å². The van der Waals surface area contributed by atoms with Gasteiger partial charge in [-0.1, -0.05) is 37.2 Å². The SMILES string of the molecule is Cc1noc(C)c1CCC(=O)N1CC[C@@H](Nc2ccccc2)[C@@H](CC(C)C)C1. The molecule has 1 amide bonds. The molecule has 0 bridgehead atoms. The van der Waals surface area contributed by atoms with Crippen LogP contribution in [0.3, 0.4) is 0 Å². The Hall–Kier alpha value is -2.30. The first kappa shape index (κ1) is 20.4. The first-order chi connectivity index (χ1) is 13.4. The Labute approximate surface area is 168 Å². The number of rotatable bonds is 7. The molecular weight excluding hydrogens is 350 g/mol. The number of amides is 1. The first-order valence-electron chi connectivity index (χ1n) is 10.4. The topological polar surface area (TPSA) is 58.4 Å². The molecule has 0 unspecified atom stereocenters. The summed E-state index contributed by atoms with van der Waals surface area (Å²) >= 11 is 0. The molecule has 2 atom stereocenters. The summed E-state index contributed by atoms with van der Waals surface area (Å²) in [5, 5.41) is 7.70. The van der Waals surface area contributed by atoms with Crippen molar-refractivity contribution in [3.63, 3.8) is 0 Å². The van der Waals surface area contributed by atoms with E-state index >= 15 is 0 Å². The summed E-state index contributed by atoms with van der Waals surface area (Å²) in [6, 6.07) is 10.8. The van der Waals surface area contributed by atoms with Gasteiger partial charge in [0, 0.05) is 36.8 Å². The van der Waals surface area contributed by atoms with Crippen LogP contribution in [0.5, 0.6) is 0 Å². The summed E-state index contributed by atoms with van der Waals surface area (Å²) in [4.78, 5) is 14.9. The number of para-hydroxylation sites is 1. The Morgan fingerprint density at radius 3 is 2.68 bits per heavy atom. The number of hydrogen-bond acceptors (Lipinski definition) is 4. The minimum atomic E-state index is 0.243. The predicted octanol–water partition coefficient (Wildman–Crippen LogP) is 4.60. The lowest BCUT2D eigenvalue weighted by Crippen LogP contribution is -2.49.